The fourth-order valence-corrected chi connectivity index (χ4v) is 3.88. The lowest BCUT2D eigenvalue weighted by Crippen LogP contribution is -2.30. The van der Waals surface area contributed by atoms with Gasteiger partial charge in [0, 0.05) is 11.3 Å². The van der Waals surface area contributed by atoms with Crippen LogP contribution in [-0.2, 0) is 23.0 Å². The molecule has 0 aliphatic heterocycles. The first-order valence-corrected chi connectivity index (χ1v) is 11.3. The maximum atomic E-state index is 14.1. The molecule has 1 N–H and O–H groups in total. The highest BCUT2D eigenvalue weighted by molar-refractivity contribution is 7.92. The van der Waals surface area contributed by atoms with Crippen molar-refractivity contribution >= 4 is 27.3 Å². The summed E-state index contributed by atoms with van der Waals surface area (Å²) in [5, 5.41) is 2.83. The van der Waals surface area contributed by atoms with Crippen LogP contribution in [0.2, 0.25) is 0 Å². The van der Waals surface area contributed by atoms with Crippen molar-refractivity contribution in [3.8, 4) is 0 Å². The molecule has 30 heavy (non-hydrogen) atoms. The Balaban J connectivity index is 1.75. The molecule has 156 valence electrons. The van der Waals surface area contributed by atoms with Crippen molar-refractivity contribution in [2.45, 2.75) is 19.9 Å². The number of rotatable bonds is 7. The van der Waals surface area contributed by atoms with Gasteiger partial charge in [-0.3, -0.25) is 9.10 Å². The molecule has 3 aromatic rings. The summed E-state index contributed by atoms with van der Waals surface area (Å²) in [5.41, 5.74) is 2.94. The smallest absolute Gasteiger partial charge is 0.255 e. The average Bonchev–Trinajstić information content (AvgIpc) is 2.73. The van der Waals surface area contributed by atoms with Crippen LogP contribution in [0.4, 0.5) is 15.8 Å². The highest BCUT2D eigenvalue weighted by atomic mass is 32.2. The number of anilines is 2. The van der Waals surface area contributed by atoms with Gasteiger partial charge in [0.05, 0.1) is 18.5 Å². The highest BCUT2D eigenvalue weighted by Crippen LogP contribution is 2.24. The molecule has 0 fully saturated rings. The molecule has 5 nitrogen and oxygen atoms in total. The molecule has 3 rings (SSSR count). The Labute approximate surface area is 176 Å². The fraction of sp³-hybridized carbons (Fsp3) is 0.174. The second-order valence-corrected chi connectivity index (χ2v) is 8.83. The lowest BCUT2D eigenvalue weighted by Gasteiger charge is -2.23. The van der Waals surface area contributed by atoms with Gasteiger partial charge in [-0.1, -0.05) is 43.3 Å². The quantitative estimate of drug-likeness (QED) is 0.600. The van der Waals surface area contributed by atoms with Gasteiger partial charge in [0.2, 0.25) is 10.0 Å². The molecule has 0 aliphatic rings. The van der Waals surface area contributed by atoms with Crippen molar-refractivity contribution in [2.75, 3.05) is 15.9 Å². The molecule has 1 amide bonds. The van der Waals surface area contributed by atoms with Crippen LogP contribution in [0, 0.1) is 5.82 Å². The predicted molar refractivity (Wildman–Crippen MR) is 118 cm³/mol. The molecule has 0 spiro atoms. The zero-order chi connectivity index (χ0) is 21.7. The van der Waals surface area contributed by atoms with Gasteiger partial charge in [-0.25, -0.2) is 12.8 Å². The van der Waals surface area contributed by atoms with E-state index in [1.54, 1.807) is 30.3 Å². The Morgan fingerprint density at radius 1 is 0.933 bits per heavy atom. The number of nitrogens with zero attached hydrogens (tertiary/aromatic N) is 1. The average molecular weight is 427 g/mol. The molecule has 7 heteroatoms. The zero-order valence-corrected chi connectivity index (χ0v) is 17.6. The first kappa shape index (κ1) is 21.5. The molecule has 0 bridgehead atoms. The summed E-state index contributed by atoms with van der Waals surface area (Å²) in [5.74, 6) is -0.882. The number of amides is 1. The molecule has 0 unspecified atom stereocenters. The van der Waals surface area contributed by atoms with E-state index in [1.165, 1.54) is 23.8 Å². The van der Waals surface area contributed by atoms with Gasteiger partial charge in [0.1, 0.15) is 5.82 Å². The molecule has 0 heterocycles. The van der Waals surface area contributed by atoms with Crippen LogP contribution in [0.3, 0.4) is 0 Å². The van der Waals surface area contributed by atoms with Crippen LogP contribution in [0.5, 0.6) is 0 Å². The number of aryl methyl sites for hydroxylation is 1. The third-order valence-corrected chi connectivity index (χ3v) is 5.81. The molecule has 0 saturated carbocycles. The van der Waals surface area contributed by atoms with Crippen LogP contribution >= 0.6 is 0 Å². The maximum Gasteiger partial charge on any atom is 0.255 e. The number of hydrogen-bond donors (Lipinski definition) is 1. The fourth-order valence-electron chi connectivity index (χ4n) is 2.99. The summed E-state index contributed by atoms with van der Waals surface area (Å²) >= 11 is 0. The van der Waals surface area contributed by atoms with Crippen LogP contribution in [0.1, 0.15) is 28.4 Å². The SMILES string of the molecule is CCc1ccc(NC(=O)c2ccc(CN(c3ccccc3F)S(C)(=O)=O)cc2)cc1. The Hall–Kier alpha value is -3.19. The standard InChI is InChI=1S/C23H23FN2O3S/c1-3-17-10-14-20(15-11-17)25-23(27)19-12-8-18(9-13-19)16-26(30(2,28)29)22-7-5-4-6-21(22)24/h4-15H,3,16H2,1-2H3,(H,25,27). The second kappa shape index (κ2) is 9.09. The van der Waals surface area contributed by atoms with E-state index < -0.39 is 15.8 Å². The van der Waals surface area contributed by atoms with Crippen molar-refractivity contribution < 1.29 is 17.6 Å². The summed E-state index contributed by atoms with van der Waals surface area (Å²) in [6, 6.07) is 19.9. The normalized spacial score (nSPS) is 11.2. The molecule has 0 aromatic heterocycles. The van der Waals surface area contributed by atoms with Crippen molar-refractivity contribution in [3.63, 3.8) is 0 Å². The van der Waals surface area contributed by atoms with E-state index in [2.05, 4.69) is 12.2 Å². The predicted octanol–water partition coefficient (Wildman–Crippen LogP) is 4.61. The van der Waals surface area contributed by atoms with Crippen LogP contribution < -0.4 is 9.62 Å². The van der Waals surface area contributed by atoms with Gasteiger partial charge in [0.15, 0.2) is 0 Å². The van der Waals surface area contributed by atoms with Gasteiger partial charge < -0.3 is 5.32 Å². The number of carbonyl (C=O) groups excluding carboxylic acids is 1. The Morgan fingerprint density at radius 3 is 2.10 bits per heavy atom. The first-order valence-electron chi connectivity index (χ1n) is 9.49. The number of sulfonamides is 1. The van der Waals surface area contributed by atoms with E-state index in [4.69, 9.17) is 0 Å². The molecule has 3 aromatic carbocycles. The van der Waals surface area contributed by atoms with Crippen LogP contribution in [0.25, 0.3) is 0 Å². The van der Waals surface area contributed by atoms with Gasteiger partial charge in [-0.15, -0.1) is 0 Å². The third-order valence-electron chi connectivity index (χ3n) is 4.68. The first-order chi connectivity index (χ1) is 14.3. The van der Waals surface area contributed by atoms with Gasteiger partial charge >= 0.3 is 0 Å². The van der Waals surface area contributed by atoms with E-state index in [-0.39, 0.29) is 18.1 Å². The molecule has 0 atom stereocenters. The largest absolute Gasteiger partial charge is 0.322 e. The van der Waals surface area contributed by atoms with E-state index in [1.807, 2.05) is 24.3 Å². The van der Waals surface area contributed by atoms with Crippen molar-refractivity contribution in [1.82, 2.24) is 0 Å². The van der Waals surface area contributed by atoms with Crippen molar-refractivity contribution in [3.05, 3.63) is 95.3 Å². The maximum absolute atomic E-state index is 14.1. The lowest BCUT2D eigenvalue weighted by molar-refractivity contribution is 0.102. The lowest BCUT2D eigenvalue weighted by atomic mass is 10.1. The second-order valence-electron chi connectivity index (χ2n) is 6.92. The number of nitrogens with one attached hydrogen (secondary N) is 1. The molecular formula is C23H23FN2O3S. The number of carbonyl (C=O) groups is 1. The summed E-state index contributed by atoms with van der Waals surface area (Å²) in [7, 11) is -3.70. The van der Waals surface area contributed by atoms with Crippen molar-refractivity contribution in [1.29, 1.82) is 0 Å². The number of hydrogen-bond acceptors (Lipinski definition) is 3. The summed E-state index contributed by atoms with van der Waals surface area (Å²) in [6.45, 7) is 2.02. The van der Waals surface area contributed by atoms with E-state index >= 15 is 0 Å². The molecular weight excluding hydrogens is 403 g/mol. The van der Waals surface area contributed by atoms with Gasteiger partial charge in [-0.2, -0.15) is 0 Å². The monoisotopic (exact) mass is 426 g/mol. The summed E-state index contributed by atoms with van der Waals surface area (Å²) < 4.78 is 39.6. The minimum atomic E-state index is -3.70. The third kappa shape index (κ3) is 5.24. The topological polar surface area (TPSA) is 66.5 Å². The van der Waals surface area contributed by atoms with Crippen LogP contribution in [-0.4, -0.2) is 20.6 Å². The number of halogens is 1. The Bertz CT molecular complexity index is 1130. The Morgan fingerprint density at radius 2 is 1.53 bits per heavy atom. The number of para-hydroxylation sites is 1. The number of benzene rings is 3. The molecule has 0 radical (unpaired) electrons. The van der Waals surface area contributed by atoms with E-state index in [0.29, 0.717) is 16.8 Å². The van der Waals surface area contributed by atoms with Gasteiger partial charge in [-0.05, 0) is 53.9 Å². The van der Waals surface area contributed by atoms with Crippen molar-refractivity contribution in [2.24, 2.45) is 0 Å². The zero-order valence-electron chi connectivity index (χ0n) is 16.8. The van der Waals surface area contributed by atoms with E-state index in [0.717, 1.165) is 17.0 Å². The Kier molecular flexibility index (Phi) is 6.52. The summed E-state index contributed by atoms with van der Waals surface area (Å²) in [4.78, 5) is 12.5. The van der Waals surface area contributed by atoms with E-state index in [9.17, 15) is 17.6 Å². The minimum absolute atomic E-state index is 0.0163. The van der Waals surface area contributed by atoms with Crippen LogP contribution in [0.15, 0.2) is 72.8 Å². The van der Waals surface area contributed by atoms with Gasteiger partial charge in [0.25, 0.3) is 5.91 Å². The molecule has 0 aliphatic carbocycles. The highest BCUT2D eigenvalue weighted by Gasteiger charge is 2.21. The molecule has 0 saturated heterocycles. The minimum Gasteiger partial charge on any atom is -0.322 e. The summed E-state index contributed by atoms with van der Waals surface area (Å²) in [6.07, 6.45) is 1.96.